The molecule has 1 saturated heterocycles. The zero-order valence-corrected chi connectivity index (χ0v) is 31.3. The number of aliphatic hydroxyl groups is 3. The summed E-state index contributed by atoms with van der Waals surface area (Å²) in [6.07, 6.45) is -2.30. The number of hydrogen-bond donors (Lipinski definition) is 9. The number of carboxylic acids is 2. The van der Waals surface area contributed by atoms with Gasteiger partial charge < -0.3 is 57.7 Å². The van der Waals surface area contributed by atoms with Crippen LogP contribution in [0.2, 0.25) is 0 Å². The smallest absolute Gasteiger partial charge is 0.326 e. The molecule has 5 rings (SSSR count). The number of nitrogens with zero attached hydrogens (tertiary/aromatic N) is 8. The third-order valence-electron chi connectivity index (χ3n) is 7.23. The quantitative estimate of drug-likeness (QED) is 0.0834. The summed E-state index contributed by atoms with van der Waals surface area (Å²) >= 11 is 19.3. The first-order valence-corrected chi connectivity index (χ1v) is 16.9. The van der Waals surface area contributed by atoms with Gasteiger partial charge in [-0.3, -0.25) is 14.4 Å². The van der Waals surface area contributed by atoms with Gasteiger partial charge in [0.05, 0.1) is 25.0 Å². The fourth-order valence-electron chi connectivity index (χ4n) is 4.64. The number of aliphatic hydroxyl groups excluding tert-OH is 3. The normalized spacial score (nSPS) is 18.3. The van der Waals surface area contributed by atoms with Crippen LogP contribution in [-0.4, -0.2) is 125 Å². The van der Waals surface area contributed by atoms with Gasteiger partial charge in [-0.15, -0.1) is 5.10 Å². The van der Waals surface area contributed by atoms with E-state index in [4.69, 9.17) is 78.6 Å². The van der Waals surface area contributed by atoms with E-state index in [1.165, 1.54) is 12.1 Å². The van der Waals surface area contributed by atoms with Crippen molar-refractivity contribution >= 4 is 98.8 Å². The van der Waals surface area contributed by atoms with Gasteiger partial charge >= 0.3 is 11.9 Å². The van der Waals surface area contributed by atoms with Crippen molar-refractivity contribution < 1.29 is 49.4 Å². The van der Waals surface area contributed by atoms with E-state index in [0.29, 0.717) is 23.4 Å². The van der Waals surface area contributed by atoms with E-state index in [1.807, 2.05) is 11.9 Å². The lowest BCUT2D eigenvalue weighted by Gasteiger charge is -2.19. The number of ether oxygens (including phenoxy) is 1. The molecule has 12 N–H and O–H groups in total. The zero-order valence-electron chi connectivity index (χ0n) is 28.3. The van der Waals surface area contributed by atoms with Crippen molar-refractivity contribution in [3.05, 3.63) is 53.9 Å². The number of rotatable bonds is 12. The van der Waals surface area contributed by atoms with Crippen LogP contribution < -0.4 is 27.4 Å². The Morgan fingerprint density at radius 2 is 1.65 bits per heavy atom. The lowest BCUT2D eigenvalue weighted by atomic mass is 10.1. The molecular formula is C29H34Cl4N12O10. The van der Waals surface area contributed by atoms with Crippen molar-refractivity contribution in [2.24, 2.45) is 5.73 Å². The van der Waals surface area contributed by atoms with E-state index in [0.717, 1.165) is 16.7 Å². The molecule has 0 unspecified atom stereocenters. The van der Waals surface area contributed by atoms with Crippen LogP contribution in [0.15, 0.2) is 36.8 Å². The molecule has 22 nitrogen and oxygen atoms in total. The summed E-state index contributed by atoms with van der Waals surface area (Å²) < 4.78 is 4.63. The first kappa shape index (κ1) is 44.5. The molecule has 1 fully saturated rings. The Hall–Kier alpha value is -4.94. The van der Waals surface area contributed by atoms with Crippen LogP contribution in [-0.2, 0) is 20.9 Å². The van der Waals surface area contributed by atoms with E-state index in [-0.39, 0.29) is 36.0 Å². The number of benzene rings is 1. The lowest BCUT2D eigenvalue weighted by Crippen LogP contribution is -2.41. The maximum absolute atomic E-state index is 12.4. The first-order valence-electron chi connectivity index (χ1n) is 15.4. The predicted molar refractivity (Wildman–Crippen MR) is 196 cm³/mol. The second kappa shape index (κ2) is 19.6. The molecule has 0 radical (unpaired) electrons. The van der Waals surface area contributed by atoms with E-state index in [1.54, 1.807) is 18.3 Å². The fourth-order valence-corrected chi connectivity index (χ4v) is 4.64. The van der Waals surface area contributed by atoms with Gasteiger partial charge in [0.25, 0.3) is 15.1 Å². The number of amides is 2. The van der Waals surface area contributed by atoms with Crippen LogP contribution in [0.5, 0.6) is 0 Å². The number of alkyl halides is 4. The van der Waals surface area contributed by atoms with Crippen LogP contribution >= 0.6 is 46.4 Å². The minimum Gasteiger partial charge on any atom is -0.481 e. The van der Waals surface area contributed by atoms with Crippen LogP contribution in [0.25, 0.3) is 11.2 Å². The Morgan fingerprint density at radius 3 is 2.18 bits per heavy atom. The number of halogens is 4. The molecule has 4 aromatic rings. The van der Waals surface area contributed by atoms with Crippen LogP contribution in [0.3, 0.4) is 0 Å². The van der Waals surface area contributed by atoms with Crippen molar-refractivity contribution in [2.75, 3.05) is 30.0 Å². The van der Waals surface area contributed by atoms with Crippen molar-refractivity contribution in [1.29, 1.82) is 0 Å². The SMILES string of the molecule is CN(Cc1cnc2nc(N)nc(N)c2n1)c1ccc(C(=O)N[C@@H](CCC(=O)O)C(=O)O)cc1.ClC(Cl)(Cl)Cl.NC(=O)c1ncn([C@@H]2O[C@H](CO)[C@@H](O)[C@H]2O)n1. The largest absolute Gasteiger partial charge is 0.481 e. The molecule has 298 valence electrons. The number of nitrogens with one attached hydrogen (secondary N) is 1. The molecule has 5 atom stereocenters. The first-order chi connectivity index (χ1) is 25.7. The van der Waals surface area contributed by atoms with Crippen molar-refractivity contribution in [3.63, 3.8) is 0 Å². The molecule has 2 amide bonds. The number of carbonyl (C=O) groups is 4. The summed E-state index contributed by atoms with van der Waals surface area (Å²) in [5.41, 5.74) is 18.6. The highest BCUT2D eigenvalue weighted by Crippen LogP contribution is 2.30. The van der Waals surface area contributed by atoms with Crippen molar-refractivity contribution in [2.45, 2.75) is 53.2 Å². The molecule has 26 heteroatoms. The Kier molecular flexibility index (Phi) is 15.8. The fraction of sp³-hybridized carbons (Fsp3) is 0.379. The molecule has 1 aromatic carbocycles. The average molecular weight is 852 g/mol. The standard InChI is InChI=1S/C20H22N8O5.C8H12N4O5.CCl4/c1-28(9-11-8-23-17-15(24-11)16(21)26-20(22)27-17)12-4-2-10(3-5-12)18(31)25-13(19(32)33)6-7-14(29)30;9-6(16)7-10-2-12(11-7)8-5(15)4(14)3(1-13)17-8;2-1(3,4)5/h2-5,8,13H,6-7,9H2,1H3,(H,25,31)(H,29,30)(H,32,33)(H4,21,22,23,26,27);2-5,8,13-15H,1H2,(H2,9,16);/t13-;3-,4-,5-,8-;/m01./s1. The van der Waals surface area contributed by atoms with Gasteiger partial charge in [0, 0.05) is 24.7 Å². The maximum atomic E-state index is 12.4. The zero-order chi connectivity index (χ0) is 41.2. The molecule has 0 spiro atoms. The summed E-state index contributed by atoms with van der Waals surface area (Å²) in [6.45, 7) is -0.0688. The third-order valence-corrected chi connectivity index (χ3v) is 7.23. The van der Waals surface area contributed by atoms with E-state index < -0.39 is 64.2 Å². The highest BCUT2D eigenvalue weighted by Gasteiger charge is 2.44. The van der Waals surface area contributed by atoms with Crippen LogP contribution in [0.4, 0.5) is 17.5 Å². The summed E-state index contributed by atoms with van der Waals surface area (Å²) in [7, 11) is 1.82. The van der Waals surface area contributed by atoms with Crippen molar-refractivity contribution in [3.8, 4) is 0 Å². The van der Waals surface area contributed by atoms with Gasteiger partial charge in [0.2, 0.25) is 11.8 Å². The molecular weight excluding hydrogens is 818 g/mol. The predicted octanol–water partition coefficient (Wildman–Crippen LogP) is -0.190. The molecule has 55 heavy (non-hydrogen) atoms. The van der Waals surface area contributed by atoms with Gasteiger partial charge in [-0.25, -0.2) is 24.4 Å². The van der Waals surface area contributed by atoms with Gasteiger partial charge in [-0.1, -0.05) is 46.4 Å². The molecule has 3 aromatic heterocycles. The summed E-state index contributed by atoms with van der Waals surface area (Å²) in [5.74, 6) is -3.94. The monoisotopic (exact) mass is 850 g/mol. The Labute approximate surface area is 330 Å². The molecule has 0 bridgehead atoms. The van der Waals surface area contributed by atoms with E-state index >= 15 is 0 Å². The number of hydrogen-bond acceptors (Lipinski definition) is 17. The van der Waals surface area contributed by atoms with E-state index in [2.05, 4.69) is 35.3 Å². The molecule has 4 heterocycles. The minimum absolute atomic E-state index is 0.0138. The highest BCUT2D eigenvalue weighted by molar-refractivity contribution is 6.83. The van der Waals surface area contributed by atoms with Gasteiger partial charge in [-0.05, 0) is 30.7 Å². The summed E-state index contributed by atoms with van der Waals surface area (Å²) in [6, 6.07) is 5.16. The van der Waals surface area contributed by atoms with Gasteiger partial charge in [0.15, 0.2) is 23.2 Å². The molecule has 1 aliphatic rings. The van der Waals surface area contributed by atoms with Crippen molar-refractivity contribution in [1.82, 2.24) is 40.0 Å². The summed E-state index contributed by atoms with van der Waals surface area (Å²) in [5, 5.41) is 52.0. The molecule has 0 saturated carbocycles. The van der Waals surface area contributed by atoms with Gasteiger partial charge in [-0.2, -0.15) is 9.97 Å². The number of primary amides is 1. The number of carbonyl (C=O) groups excluding carboxylic acids is 2. The Bertz CT molecular complexity index is 1970. The maximum Gasteiger partial charge on any atom is 0.326 e. The Morgan fingerprint density at radius 1 is 1.02 bits per heavy atom. The van der Waals surface area contributed by atoms with Gasteiger partial charge in [0.1, 0.15) is 30.7 Å². The lowest BCUT2D eigenvalue weighted by molar-refractivity contribution is -0.140. The number of nitrogen functional groups attached to an aromatic ring is 2. The number of carboxylic acid groups (broad SMARTS) is 2. The minimum atomic E-state index is -1.61. The van der Waals surface area contributed by atoms with E-state index in [9.17, 15) is 34.5 Å². The number of fused-ring (bicyclic) bond motifs is 1. The number of anilines is 3. The highest BCUT2D eigenvalue weighted by atomic mass is 35.6. The number of aliphatic carboxylic acids is 2. The summed E-state index contributed by atoms with van der Waals surface area (Å²) in [4.78, 5) is 67.1. The molecule has 1 aliphatic heterocycles. The van der Waals surface area contributed by atoms with Crippen LogP contribution in [0.1, 0.15) is 45.7 Å². The second-order valence-corrected chi connectivity index (χ2v) is 14.7. The Balaban J connectivity index is 0.000000306. The van der Waals surface area contributed by atoms with Crippen LogP contribution in [0, 0.1) is 0 Å². The molecule has 0 aliphatic carbocycles. The third kappa shape index (κ3) is 13.4. The second-order valence-electron chi connectivity index (χ2n) is 11.3. The average Bonchev–Trinajstić information content (AvgIpc) is 3.70. The number of aromatic nitrogens is 7. The number of nitrogens with two attached hydrogens (primary N) is 3. The topological polar surface area (TPSA) is 354 Å².